The van der Waals surface area contributed by atoms with Gasteiger partial charge in [0.1, 0.15) is 23.1 Å². The molecule has 0 radical (unpaired) electrons. The Bertz CT molecular complexity index is 2370. The molecule has 0 spiro atoms. The highest BCUT2D eigenvalue weighted by Gasteiger charge is 2.26. The molecule has 2 aliphatic heterocycles. The van der Waals surface area contributed by atoms with E-state index in [2.05, 4.69) is 58.4 Å². The molecule has 12 heteroatoms. The number of fused-ring (bicyclic) bond motifs is 2. The molecule has 5 N–H and O–H groups in total. The molecule has 4 heterocycles. The van der Waals surface area contributed by atoms with E-state index in [1.165, 1.54) is 6.42 Å². The van der Waals surface area contributed by atoms with Gasteiger partial charge in [0.15, 0.2) is 11.6 Å². The number of phenols is 2. The summed E-state index contributed by atoms with van der Waals surface area (Å²) in [6.07, 6.45) is 4.80. The number of piperidine rings is 2. The van der Waals surface area contributed by atoms with Crippen LogP contribution in [0.25, 0.3) is 44.6 Å². The van der Waals surface area contributed by atoms with Crippen LogP contribution in [0.15, 0.2) is 84.9 Å². The largest absolute Gasteiger partial charge is 0.507 e. The lowest BCUT2D eigenvalue weighted by atomic mass is 9.97. The van der Waals surface area contributed by atoms with Crippen molar-refractivity contribution in [3.63, 3.8) is 0 Å². The van der Waals surface area contributed by atoms with Crippen LogP contribution in [0.5, 0.6) is 11.5 Å². The predicted molar refractivity (Wildman–Crippen MR) is 231 cm³/mol. The molecule has 0 unspecified atom stereocenters. The first-order valence-electron chi connectivity index (χ1n) is 20.4. The summed E-state index contributed by atoms with van der Waals surface area (Å²) in [6.45, 7) is 11.3. The van der Waals surface area contributed by atoms with Gasteiger partial charge in [0.2, 0.25) is 0 Å². The molecule has 8 rings (SSSR count). The smallest absolute Gasteiger partial charge is 0.407 e. The fourth-order valence-corrected chi connectivity index (χ4v) is 7.84. The zero-order valence-corrected chi connectivity index (χ0v) is 33.7. The second-order valence-corrected chi connectivity index (χ2v) is 15.5. The van der Waals surface area contributed by atoms with Gasteiger partial charge in [-0.25, -0.2) is 24.7 Å². The van der Waals surface area contributed by atoms with E-state index in [1.807, 2.05) is 38.1 Å². The number of anilines is 2. The Labute approximate surface area is 340 Å². The van der Waals surface area contributed by atoms with Crippen LogP contribution in [0.4, 0.5) is 16.4 Å². The number of nitrogens with one attached hydrogen (secondary N) is 1. The number of alkyl carbamates (subject to hydrolysis) is 1. The van der Waals surface area contributed by atoms with Crippen molar-refractivity contribution >= 4 is 39.5 Å². The number of hydrogen-bond acceptors (Lipinski definition) is 11. The molecule has 1 amide bonds. The molecule has 6 aromatic rings. The normalized spacial score (nSPS) is 16.8. The third-order valence-corrected chi connectivity index (χ3v) is 10.9. The predicted octanol–water partition coefficient (Wildman–Crippen LogP) is 8.15. The van der Waals surface area contributed by atoms with E-state index in [9.17, 15) is 15.0 Å². The molecule has 2 saturated heterocycles. The van der Waals surface area contributed by atoms with E-state index in [1.54, 1.807) is 24.3 Å². The van der Waals surface area contributed by atoms with Crippen molar-refractivity contribution in [2.75, 3.05) is 55.7 Å². The van der Waals surface area contributed by atoms with Crippen molar-refractivity contribution in [3.05, 3.63) is 96.1 Å². The standard InChI is InChI=1S/C25H30N4O3.C21H24N4O/c1-3-13-32-25(31)26-15-18-7-6-12-29(16-18)24-19-11-10-17(2)14-21(19)27-23(28-24)20-8-4-5-9-22(20)30;1-14-8-9-16-18(11-14)23-20(17-6-2-3-7-19(17)26)24-21(16)25-10-4-5-15(12-22)13-25/h4-5,8-11,14,18,30H,3,6-7,12-13,15-16H2,1-2H3,(H,26,31);2-3,6-9,11,15,26H,4-5,10,12-13,22H2,1H3/t18-;15-/m00/s1. The first kappa shape index (κ1) is 40.2. The maximum absolute atomic E-state index is 11.8. The maximum Gasteiger partial charge on any atom is 0.407 e. The van der Waals surface area contributed by atoms with Crippen LogP contribution >= 0.6 is 0 Å². The monoisotopic (exact) mass is 782 g/mol. The number of phenolic OH excluding ortho intramolecular Hbond substituents is 2. The third kappa shape index (κ3) is 9.40. The highest BCUT2D eigenvalue weighted by atomic mass is 16.5. The number of aromatic nitrogens is 4. The third-order valence-electron chi connectivity index (χ3n) is 10.9. The Balaban J connectivity index is 0.000000180. The number of hydrogen-bond donors (Lipinski definition) is 4. The number of para-hydroxylation sites is 2. The van der Waals surface area contributed by atoms with Gasteiger partial charge >= 0.3 is 6.09 Å². The van der Waals surface area contributed by atoms with E-state index >= 15 is 0 Å². The summed E-state index contributed by atoms with van der Waals surface area (Å²) < 4.78 is 5.13. The Hall–Kier alpha value is -6.01. The zero-order chi connectivity index (χ0) is 40.6. The van der Waals surface area contributed by atoms with Gasteiger partial charge in [-0.3, -0.25) is 0 Å². The fraction of sp³-hybridized carbons (Fsp3) is 0.370. The van der Waals surface area contributed by atoms with Gasteiger partial charge in [-0.1, -0.05) is 43.3 Å². The fourth-order valence-electron chi connectivity index (χ4n) is 7.84. The van der Waals surface area contributed by atoms with Crippen LogP contribution in [-0.4, -0.2) is 82.1 Å². The molecule has 2 fully saturated rings. The molecule has 12 nitrogen and oxygen atoms in total. The summed E-state index contributed by atoms with van der Waals surface area (Å²) in [5.41, 5.74) is 11.2. The Kier molecular flexibility index (Phi) is 12.8. The number of amides is 1. The summed E-state index contributed by atoms with van der Waals surface area (Å²) in [7, 11) is 0. The lowest BCUT2D eigenvalue weighted by molar-refractivity contribution is 0.144. The van der Waals surface area contributed by atoms with Gasteiger partial charge in [0, 0.05) is 43.5 Å². The number of benzene rings is 4. The number of rotatable bonds is 9. The van der Waals surface area contributed by atoms with Crippen molar-refractivity contribution in [2.24, 2.45) is 17.6 Å². The topological polar surface area (TPSA) is 163 Å². The van der Waals surface area contributed by atoms with Gasteiger partial charge in [-0.15, -0.1) is 0 Å². The molecular formula is C46H54N8O4. The van der Waals surface area contributed by atoms with E-state index in [0.29, 0.717) is 54.3 Å². The highest BCUT2D eigenvalue weighted by molar-refractivity contribution is 5.93. The summed E-state index contributed by atoms with van der Waals surface area (Å²) >= 11 is 0. The SMILES string of the molecule is CCCOC(=O)NC[C@@H]1CCCN(c2nc(-c3ccccc3O)nc3cc(C)ccc23)C1.Cc1ccc2c(N3CCC[C@@H](CN)C3)nc(-c3ccccc3O)nc2c1. The molecule has 4 aromatic carbocycles. The molecule has 2 atom stereocenters. The highest BCUT2D eigenvalue weighted by Crippen LogP contribution is 2.35. The molecule has 2 aliphatic rings. The Morgan fingerprint density at radius 2 is 1.24 bits per heavy atom. The number of carbonyl (C=O) groups excluding carboxylic acids is 1. The van der Waals surface area contributed by atoms with Gasteiger partial charge in [0.25, 0.3) is 0 Å². The quantitative estimate of drug-likeness (QED) is 0.112. The molecule has 0 bridgehead atoms. The van der Waals surface area contributed by atoms with Crippen LogP contribution in [-0.2, 0) is 4.74 Å². The van der Waals surface area contributed by atoms with Crippen LogP contribution in [0.2, 0.25) is 0 Å². The van der Waals surface area contributed by atoms with Crippen LogP contribution in [0, 0.1) is 25.7 Å². The first-order valence-corrected chi connectivity index (χ1v) is 20.4. The van der Waals surface area contributed by atoms with Crippen molar-refractivity contribution in [3.8, 4) is 34.3 Å². The van der Waals surface area contributed by atoms with E-state index in [0.717, 1.165) is 96.4 Å². The molecule has 302 valence electrons. The number of aromatic hydroxyl groups is 2. The first-order chi connectivity index (χ1) is 28.2. The van der Waals surface area contributed by atoms with E-state index in [4.69, 9.17) is 30.4 Å². The molecule has 58 heavy (non-hydrogen) atoms. The van der Waals surface area contributed by atoms with Gasteiger partial charge < -0.3 is 35.8 Å². The Morgan fingerprint density at radius 1 is 0.741 bits per heavy atom. The van der Waals surface area contributed by atoms with Crippen molar-refractivity contribution in [1.29, 1.82) is 0 Å². The van der Waals surface area contributed by atoms with Gasteiger partial charge in [-0.05, 0) is 124 Å². The maximum atomic E-state index is 11.8. The molecule has 2 aromatic heterocycles. The average Bonchev–Trinajstić information content (AvgIpc) is 3.24. The number of aryl methyl sites for hydroxylation is 2. The lowest BCUT2D eigenvalue weighted by Crippen LogP contribution is -2.41. The molecular weight excluding hydrogens is 729 g/mol. The summed E-state index contributed by atoms with van der Waals surface area (Å²) in [6, 6.07) is 26.8. The molecule has 0 aliphatic carbocycles. The second kappa shape index (κ2) is 18.5. The van der Waals surface area contributed by atoms with Crippen LogP contribution in [0.1, 0.15) is 50.2 Å². The lowest BCUT2D eigenvalue weighted by Gasteiger charge is -2.34. The number of ether oxygens (including phenoxy) is 1. The minimum atomic E-state index is -0.353. The average molecular weight is 783 g/mol. The Morgan fingerprint density at radius 3 is 1.74 bits per heavy atom. The molecule has 0 saturated carbocycles. The van der Waals surface area contributed by atoms with Crippen molar-refractivity contribution < 1.29 is 19.7 Å². The van der Waals surface area contributed by atoms with Crippen LogP contribution in [0.3, 0.4) is 0 Å². The second-order valence-electron chi connectivity index (χ2n) is 15.5. The minimum absolute atomic E-state index is 0.164. The number of nitrogens with zero attached hydrogens (tertiary/aromatic N) is 6. The van der Waals surface area contributed by atoms with E-state index in [-0.39, 0.29) is 17.6 Å². The summed E-state index contributed by atoms with van der Waals surface area (Å²) in [5.74, 6) is 4.04. The number of carbonyl (C=O) groups is 1. The summed E-state index contributed by atoms with van der Waals surface area (Å²) in [4.78, 5) is 35.7. The number of nitrogens with two attached hydrogens (primary N) is 1. The van der Waals surface area contributed by atoms with Crippen molar-refractivity contribution in [1.82, 2.24) is 25.3 Å². The van der Waals surface area contributed by atoms with Gasteiger partial charge in [-0.2, -0.15) is 0 Å². The van der Waals surface area contributed by atoms with E-state index < -0.39 is 0 Å². The zero-order valence-electron chi connectivity index (χ0n) is 33.7. The van der Waals surface area contributed by atoms with Crippen LogP contribution < -0.4 is 20.9 Å². The minimum Gasteiger partial charge on any atom is -0.507 e. The summed E-state index contributed by atoms with van der Waals surface area (Å²) in [5, 5.41) is 25.6. The van der Waals surface area contributed by atoms with Crippen molar-refractivity contribution in [2.45, 2.75) is 52.9 Å². The van der Waals surface area contributed by atoms with Gasteiger partial charge in [0.05, 0.1) is 28.8 Å².